The highest BCUT2D eigenvalue weighted by Crippen LogP contribution is 2.35. The quantitative estimate of drug-likeness (QED) is 0.734. The molecule has 4 nitrogen and oxygen atoms in total. The number of aryl methyl sites for hydroxylation is 1. The van der Waals surface area contributed by atoms with Gasteiger partial charge in [-0.05, 0) is 61.6 Å². The molecule has 2 aromatic rings. The third-order valence-corrected chi connectivity index (χ3v) is 5.22. The van der Waals surface area contributed by atoms with Gasteiger partial charge in [0.05, 0.1) is 5.69 Å². The number of piperidine rings is 1. The van der Waals surface area contributed by atoms with E-state index in [0.717, 1.165) is 31.1 Å². The number of benzene rings is 1. The van der Waals surface area contributed by atoms with Gasteiger partial charge in [-0.1, -0.05) is 24.3 Å². The van der Waals surface area contributed by atoms with Crippen LogP contribution in [0.4, 0.5) is 5.82 Å². The van der Waals surface area contributed by atoms with Gasteiger partial charge in [-0.25, -0.2) is 4.98 Å². The van der Waals surface area contributed by atoms with Gasteiger partial charge in [0, 0.05) is 24.2 Å². The number of anilines is 1. The van der Waals surface area contributed by atoms with Crippen molar-refractivity contribution in [3.63, 3.8) is 0 Å². The fraction of sp³-hybridized carbons (Fsp3) is 0.368. The van der Waals surface area contributed by atoms with E-state index in [-0.39, 0.29) is 0 Å². The van der Waals surface area contributed by atoms with Gasteiger partial charge in [-0.3, -0.25) is 0 Å². The van der Waals surface area contributed by atoms with Crippen LogP contribution in [0.5, 0.6) is 0 Å². The van der Waals surface area contributed by atoms with Crippen LogP contribution >= 0.6 is 12.2 Å². The summed E-state index contributed by atoms with van der Waals surface area (Å²) in [6.07, 6.45) is 2.45. The van der Waals surface area contributed by atoms with Gasteiger partial charge in [-0.15, -0.1) is 0 Å². The number of rotatable bonds is 2. The lowest BCUT2D eigenvalue weighted by molar-refractivity contribution is 0.459. The standard InChI is InChI=1S/C19H22N4S/c1-12-5-2-3-7-14(12)17-9-15(13-6-4-8-20-10-13)16-11-21-19(24)23-18(16)22-17/h2-3,5,7,9,13,20H,4,6,8,10-11H2,1H3,(H2,21,22,23,24). The molecule has 124 valence electrons. The fourth-order valence-corrected chi connectivity index (χ4v) is 3.85. The van der Waals surface area contributed by atoms with Crippen LogP contribution in [0, 0.1) is 6.92 Å². The van der Waals surface area contributed by atoms with Gasteiger partial charge >= 0.3 is 0 Å². The number of hydrogen-bond donors (Lipinski definition) is 3. The molecule has 3 heterocycles. The Morgan fingerprint density at radius 3 is 2.92 bits per heavy atom. The summed E-state index contributed by atoms with van der Waals surface area (Å²) in [5, 5.41) is 10.7. The summed E-state index contributed by atoms with van der Waals surface area (Å²) in [4.78, 5) is 4.89. The number of nitrogens with one attached hydrogen (secondary N) is 3. The SMILES string of the molecule is Cc1ccccc1-c1cc(C2CCCNC2)c2c(n1)NC(=S)NC2. The second kappa shape index (κ2) is 6.49. The van der Waals surface area contributed by atoms with E-state index in [1.165, 1.54) is 35.1 Å². The summed E-state index contributed by atoms with van der Waals surface area (Å²) < 4.78 is 0. The van der Waals surface area contributed by atoms with Crippen molar-refractivity contribution in [1.29, 1.82) is 0 Å². The lowest BCUT2D eigenvalue weighted by atomic mass is 9.87. The molecule has 5 heteroatoms. The number of hydrogen-bond acceptors (Lipinski definition) is 3. The van der Waals surface area contributed by atoms with Crippen molar-refractivity contribution >= 4 is 23.1 Å². The van der Waals surface area contributed by atoms with Gasteiger partial charge in [0.1, 0.15) is 5.82 Å². The molecule has 1 fully saturated rings. The van der Waals surface area contributed by atoms with Gasteiger partial charge in [0.2, 0.25) is 0 Å². The van der Waals surface area contributed by atoms with Crippen LogP contribution in [-0.4, -0.2) is 23.2 Å². The number of pyridine rings is 1. The van der Waals surface area contributed by atoms with Gasteiger partial charge in [0.15, 0.2) is 5.11 Å². The van der Waals surface area contributed by atoms with E-state index in [1.54, 1.807) is 0 Å². The van der Waals surface area contributed by atoms with Crippen LogP contribution in [0.3, 0.4) is 0 Å². The predicted molar refractivity (Wildman–Crippen MR) is 102 cm³/mol. The lowest BCUT2D eigenvalue weighted by Gasteiger charge is -2.29. The second-order valence-electron chi connectivity index (χ2n) is 6.59. The third-order valence-electron chi connectivity index (χ3n) is 4.97. The number of fused-ring (bicyclic) bond motifs is 1. The first-order chi connectivity index (χ1) is 11.7. The first kappa shape index (κ1) is 15.5. The first-order valence-electron chi connectivity index (χ1n) is 8.58. The van der Waals surface area contributed by atoms with Crippen LogP contribution in [0.15, 0.2) is 30.3 Å². The Labute approximate surface area is 148 Å². The highest BCUT2D eigenvalue weighted by molar-refractivity contribution is 7.80. The molecule has 0 saturated carbocycles. The van der Waals surface area contributed by atoms with E-state index in [0.29, 0.717) is 11.0 Å². The molecule has 0 bridgehead atoms. The normalized spacial score (nSPS) is 20.0. The maximum atomic E-state index is 5.29. The molecule has 1 unspecified atom stereocenters. The minimum Gasteiger partial charge on any atom is -0.358 e. The zero-order valence-corrected chi connectivity index (χ0v) is 14.7. The Kier molecular flexibility index (Phi) is 4.21. The van der Waals surface area contributed by atoms with E-state index in [9.17, 15) is 0 Å². The Morgan fingerprint density at radius 1 is 1.25 bits per heavy atom. The van der Waals surface area contributed by atoms with Gasteiger partial charge < -0.3 is 16.0 Å². The summed E-state index contributed by atoms with van der Waals surface area (Å²) >= 11 is 5.29. The molecule has 0 aliphatic carbocycles. The first-order valence-corrected chi connectivity index (χ1v) is 8.98. The number of thiocarbonyl (C=S) groups is 1. The molecule has 1 aromatic carbocycles. The van der Waals surface area contributed by atoms with Crippen LogP contribution in [-0.2, 0) is 6.54 Å². The second-order valence-corrected chi connectivity index (χ2v) is 7.00. The van der Waals surface area contributed by atoms with Crippen molar-refractivity contribution in [2.75, 3.05) is 18.4 Å². The summed E-state index contributed by atoms with van der Waals surface area (Å²) in [7, 11) is 0. The van der Waals surface area contributed by atoms with Crippen LogP contribution < -0.4 is 16.0 Å². The van der Waals surface area contributed by atoms with Crippen molar-refractivity contribution < 1.29 is 0 Å². The Hall–Kier alpha value is -1.98. The van der Waals surface area contributed by atoms with E-state index >= 15 is 0 Å². The highest BCUT2D eigenvalue weighted by Gasteiger charge is 2.25. The van der Waals surface area contributed by atoms with E-state index in [2.05, 4.69) is 53.2 Å². The zero-order valence-electron chi connectivity index (χ0n) is 13.9. The summed E-state index contributed by atoms with van der Waals surface area (Å²) in [6.45, 7) is 5.05. The van der Waals surface area contributed by atoms with Crippen LogP contribution in [0.1, 0.15) is 35.4 Å². The summed E-state index contributed by atoms with van der Waals surface area (Å²) in [5.74, 6) is 1.45. The fourth-order valence-electron chi connectivity index (χ4n) is 3.68. The maximum absolute atomic E-state index is 5.29. The van der Waals surface area contributed by atoms with Crippen molar-refractivity contribution in [1.82, 2.24) is 15.6 Å². The smallest absolute Gasteiger partial charge is 0.172 e. The molecule has 1 atom stereocenters. The van der Waals surface area contributed by atoms with Crippen LogP contribution in [0.2, 0.25) is 0 Å². The number of aromatic nitrogens is 1. The van der Waals surface area contributed by atoms with E-state index in [1.807, 2.05) is 0 Å². The largest absolute Gasteiger partial charge is 0.358 e. The Morgan fingerprint density at radius 2 is 2.12 bits per heavy atom. The van der Waals surface area contributed by atoms with Crippen molar-refractivity contribution in [2.24, 2.45) is 0 Å². The molecular formula is C19H22N4S. The molecule has 0 spiro atoms. The molecule has 24 heavy (non-hydrogen) atoms. The third kappa shape index (κ3) is 2.89. The monoisotopic (exact) mass is 338 g/mol. The number of nitrogens with zero attached hydrogens (tertiary/aromatic N) is 1. The van der Waals surface area contributed by atoms with Crippen molar-refractivity contribution in [3.05, 3.63) is 47.0 Å². The van der Waals surface area contributed by atoms with Crippen LogP contribution in [0.25, 0.3) is 11.3 Å². The zero-order chi connectivity index (χ0) is 16.5. The predicted octanol–water partition coefficient (Wildman–Crippen LogP) is 3.32. The van der Waals surface area contributed by atoms with E-state index < -0.39 is 0 Å². The molecule has 0 radical (unpaired) electrons. The van der Waals surface area contributed by atoms with Crippen molar-refractivity contribution in [2.45, 2.75) is 32.2 Å². The average molecular weight is 338 g/mol. The molecule has 4 rings (SSSR count). The average Bonchev–Trinajstić information content (AvgIpc) is 2.61. The topological polar surface area (TPSA) is 49.0 Å². The van der Waals surface area contributed by atoms with E-state index in [4.69, 9.17) is 17.2 Å². The van der Waals surface area contributed by atoms with Gasteiger partial charge in [-0.2, -0.15) is 0 Å². The van der Waals surface area contributed by atoms with Crippen molar-refractivity contribution in [3.8, 4) is 11.3 Å². The highest BCUT2D eigenvalue weighted by atomic mass is 32.1. The summed E-state index contributed by atoms with van der Waals surface area (Å²) in [6, 6.07) is 10.7. The molecule has 2 aliphatic rings. The summed E-state index contributed by atoms with van der Waals surface area (Å²) in [5.41, 5.74) is 6.12. The lowest BCUT2D eigenvalue weighted by Crippen LogP contribution is -2.36. The van der Waals surface area contributed by atoms with Gasteiger partial charge in [0.25, 0.3) is 0 Å². The Balaban J connectivity index is 1.85. The minimum atomic E-state index is 0.536. The minimum absolute atomic E-state index is 0.536. The maximum Gasteiger partial charge on any atom is 0.172 e. The molecule has 3 N–H and O–H groups in total. The molecule has 2 aliphatic heterocycles. The Bertz CT molecular complexity index is 781. The molecule has 1 aromatic heterocycles. The molecule has 1 saturated heterocycles. The molecular weight excluding hydrogens is 316 g/mol. The molecule has 0 amide bonds.